The number of rotatable bonds is 7. The summed E-state index contributed by atoms with van der Waals surface area (Å²) < 4.78 is 10.6. The highest BCUT2D eigenvalue weighted by molar-refractivity contribution is 6.17. The molecule has 25 heavy (non-hydrogen) atoms. The molecule has 1 rings (SSSR count). The molecule has 1 amide bonds. The average Bonchev–Trinajstić information content (AvgIpc) is 2.45. The smallest absolute Gasteiger partial charge is 0.412 e. The van der Waals surface area contributed by atoms with E-state index in [9.17, 15) is 9.59 Å². The number of benzene rings is 1. The molecule has 0 bridgehead atoms. The summed E-state index contributed by atoms with van der Waals surface area (Å²) >= 11 is 5.97. The Morgan fingerprint density at radius 3 is 2.32 bits per heavy atom. The van der Waals surface area contributed by atoms with Crippen molar-refractivity contribution in [1.82, 2.24) is 0 Å². The van der Waals surface area contributed by atoms with Crippen LogP contribution in [0.4, 0.5) is 10.5 Å². The SMILES string of the molecule is COc1cc(NC(=O)OC(C)(C)C)c(CC(=O)CC(C)C)cc1CCl. The summed E-state index contributed by atoms with van der Waals surface area (Å²) in [4.78, 5) is 24.3. The van der Waals surface area contributed by atoms with Gasteiger partial charge >= 0.3 is 6.09 Å². The van der Waals surface area contributed by atoms with Crippen LogP contribution in [0.5, 0.6) is 5.75 Å². The van der Waals surface area contributed by atoms with Crippen molar-refractivity contribution in [1.29, 1.82) is 0 Å². The Hall–Kier alpha value is -1.75. The van der Waals surface area contributed by atoms with E-state index in [2.05, 4.69) is 5.32 Å². The van der Waals surface area contributed by atoms with Gasteiger partial charge in [-0.25, -0.2) is 4.79 Å². The summed E-state index contributed by atoms with van der Waals surface area (Å²) in [5.41, 5.74) is 1.36. The van der Waals surface area contributed by atoms with Crippen LogP contribution in [0.15, 0.2) is 12.1 Å². The molecule has 0 radical (unpaired) electrons. The number of amides is 1. The predicted octanol–water partition coefficient (Wildman–Crippen LogP) is 4.94. The van der Waals surface area contributed by atoms with E-state index >= 15 is 0 Å². The predicted molar refractivity (Wildman–Crippen MR) is 101 cm³/mol. The molecule has 1 aromatic carbocycles. The molecule has 0 aliphatic rings. The van der Waals surface area contributed by atoms with Crippen LogP contribution in [-0.4, -0.2) is 24.6 Å². The van der Waals surface area contributed by atoms with Gasteiger partial charge in [-0.1, -0.05) is 13.8 Å². The number of alkyl halides is 1. The van der Waals surface area contributed by atoms with E-state index in [4.69, 9.17) is 21.1 Å². The van der Waals surface area contributed by atoms with Crippen molar-refractivity contribution in [2.45, 2.75) is 58.9 Å². The molecule has 5 nitrogen and oxygen atoms in total. The minimum absolute atomic E-state index is 0.105. The molecule has 0 fully saturated rings. The van der Waals surface area contributed by atoms with Crippen LogP contribution < -0.4 is 10.1 Å². The number of ketones is 1. The Kier molecular flexibility index (Phi) is 7.74. The van der Waals surface area contributed by atoms with E-state index in [-0.39, 0.29) is 24.0 Å². The van der Waals surface area contributed by atoms with E-state index in [1.165, 1.54) is 7.11 Å². The Morgan fingerprint density at radius 2 is 1.84 bits per heavy atom. The maximum atomic E-state index is 12.2. The Labute approximate surface area is 155 Å². The van der Waals surface area contributed by atoms with Crippen molar-refractivity contribution in [2.24, 2.45) is 5.92 Å². The van der Waals surface area contributed by atoms with E-state index in [1.807, 2.05) is 13.8 Å². The molecule has 0 heterocycles. The zero-order chi connectivity index (χ0) is 19.2. The first kappa shape index (κ1) is 21.3. The minimum atomic E-state index is -0.613. The first-order valence-electron chi connectivity index (χ1n) is 8.33. The van der Waals surface area contributed by atoms with Gasteiger partial charge in [0.25, 0.3) is 0 Å². The van der Waals surface area contributed by atoms with Crippen molar-refractivity contribution in [3.8, 4) is 5.75 Å². The number of carbonyl (C=O) groups excluding carboxylic acids is 2. The van der Waals surface area contributed by atoms with Crippen molar-refractivity contribution in [3.05, 3.63) is 23.3 Å². The van der Waals surface area contributed by atoms with Crippen LogP contribution in [0.1, 0.15) is 52.2 Å². The third-order valence-corrected chi connectivity index (χ3v) is 3.60. The molecule has 0 saturated carbocycles. The summed E-state index contributed by atoms with van der Waals surface area (Å²) in [6, 6.07) is 3.48. The summed E-state index contributed by atoms with van der Waals surface area (Å²) in [5, 5.41) is 2.72. The number of hydrogen-bond donors (Lipinski definition) is 1. The zero-order valence-electron chi connectivity index (χ0n) is 15.9. The topological polar surface area (TPSA) is 64.6 Å². The molecule has 1 aromatic rings. The monoisotopic (exact) mass is 369 g/mol. The van der Waals surface area contributed by atoms with Gasteiger partial charge in [0.15, 0.2) is 0 Å². The lowest BCUT2D eigenvalue weighted by molar-refractivity contribution is -0.119. The van der Waals surface area contributed by atoms with E-state index in [0.29, 0.717) is 23.4 Å². The van der Waals surface area contributed by atoms with Gasteiger partial charge in [0.1, 0.15) is 17.1 Å². The van der Waals surface area contributed by atoms with Gasteiger partial charge < -0.3 is 9.47 Å². The molecule has 0 aliphatic carbocycles. The van der Waals surface area contributed by atoms with Gasteiger partial charge in [-0.2, -0.15) is 0 Å². The molecule has 1 N–H and O–H groups in total. The minimum Gasteiger partial charge on any atom is -0.496 e. The standard InChI is InChI=1S/C19H28ClNO4/c1-12(2)7-15(22)9-13-8-14(11-20)17(24-6)10-16(13)21-18(23)25-19(3,4)5/h8,10,12H,7,9,11H2,1-6H3,(H,21,23). The van der Waals surface area contributed by atoms with Gasteiger partial charge in [0.05, 0.1) is 18.7 Å². The maximum absolute atomic E-state index is 12.2. The summed E-state index contributed by atoms with van der Waals surface area (Å²) in [7, 11) is 1.53. The van der Waals surface area contributed by atoms with Gasteiger partial charge in [0.2, 0.25) is 0 Å². The number of nitrogens with one attached hydrogen (secondary N) is 1. The van der Waals surface area contributed by atoms with Crippen molar-refractivity contribution in [3.63, 3.8) is 0 Å². The Bertz CT molecular complexity index is 621. The zero-order valence-corrected chi connectivity index (χ0v) is 16.6. The van der Waals surface area contributed by atoms with Crippen LogP contribution in [0.2, 0.25) is 0 Å². The molecular weight excluding hydrogens is 342 g/mol. The van der Waals surface area contributed by atoms with Crippen molar-refractivity contribution < 1.29 is 19.1 Å². The van der Waals surface area contributed by atoms with Crippen molar-refractivity contribution >= 4 is 29.2 Å². The lowest BCUT2D eigenvalue weighted by Crippen LogP contribution is -2.27. The van der Waals surface area contributed by atoms with Crippen LogP contribution >= 0.6 is 11.6 Å². The maximum Gasteiger partial charge on any atom is 0.412 e. The van der Waals surface area contributed by atoms with Crippen LogP contribution in [0.25, 0.3) is 0 Å². The van der Waals surface area contributed by atoms with E-state index < -0.39 is 11.7 Å². The highest BCUT2D eigenvalue weighted by Crippen LogP contribution is 2.30. The number of methoxy groups -OCH3 is 1. The molecule has 0 spiro atoms. The lowest BCUT2D eigenvalue weighted by Gasteiger charge is -2.21. The van der Waals surface area contributed by atoms with Gasteiger partial charge in [-0.05, 0) is 38.3 Å². The average molecular weight is 370 g/mol. The highest BCUT2D eigenvalue weighted by atomic mass is 35.5. The number of halogens is 1. The van der Waals surface area contributed by atoms with Crippen LogP contribution in [0.3, 0.4) is 0 Å². The van der Waals surface area contributed by atoms with Gasteiger partial charge in [0, 0.05) is 24.5 Å². The molecule has 0 aromatic heterocycles. The summed E-state index contributed by atoms with van der Waals surface area (Å²) in [5.74, 6) is 1.19. The third-order valence-electron chi connectivity index (χ3n) is 3.31. The second-order valence-corrected chi connectivity index (χ2v) is 7.66. The quantitative estimate of drug-likeness (QED) is 0.691. The molecule has 140 valence electrons. The largest absolute Gasteiger partial charge is 0.496 e. The normalized spacial score (nSPS) is 11.4. The number of anilines is 1. The number of Topliss-reactive ketones (excluding diaryl/α,β-unsaturated/α-hetero) is 1. The Morgan fingerprint density at radius 1 is 1.20 bits per heavy atom. The number of hydrogen-bond acceptors (Lipinski definition) is 4. The fourth-order valence-electron chi connectivity index (χ4n) is 2.39. The first-order chi connectivity index (χ1) is 11.6. The van der Waals surface area contributed by atoms with E-state index in [1.54, 1.807) is 32.9 Å². The van der Waals surface area contributed by atoms with Crippen molar-refractivity contribution in [2.75, 3.05) is 12.4 Å². The highest BCUT2D eigenvalue weighted by Gasteiger charge is 2.20. The molecule has 0 atom stereocenters. The van der Waals surface area contributed by atoms with Crippen LogP contribution in [0, 0.1) is 5.92 Å². The molecule has 0 saturated heterocycles. The molecular formula is C19H28ClNO4. The molecule has 6 heteroatoms. The van der Waals surface area contributed by atoms with Gasteiger partial charge in [-0.3, -0.25) is 10.1 Å². The molecule has 0 unspecified atom stereocenters. The third kappa shape index (κ3) is 7.34. The van der Waals surface area contributed by atoms with E-state index in [0.717, 1.165) is 5.56 Å². The second-order valence-electron chi connectivity index (χ2n) is 7.40. The second kappa shape index (κ2) is 9.09. The van der Waals surface area contributed by atoms with Gasteiger partial charge in [-0.15, -0.1) is 11.6 Å². The molecule has 0 aliphatic heterocycles. The first-order valence-corrected chi connectivity index (χ1v) is 8.86. The Balaban J connectivity index is 3.14. The number of ether oxygens (including phenoxy) is 2. The number of carbonyl (C=O) groups is 2. The summed E-state index contributed by atoms with van der Waals surface area (Å²) in [6.07, 6.45) is 0.122. The summed E-state index contributed by atoms with van der Waals surface area (Å²) in [6.45, 7) is 9.36. The van der Waals surface area contributed by atoms with Crippen LogP contribution in [-0.2, 0) is 21.8 Å². The lowest BCUT2D eigenvalue weighted by atomic mass is 9.98. The fourth-order valence-corrected chi connectivity index (χ4v) is 2.60. The fraction of sp³-hybridized carbons (Fsp3) is 0.579.